The van der Waals surface area contributed by atoms with Gasteiger partial charge in [0.05, 0.1) is 5.52 Å². The summed E-state index contributed by atoms with van der Waals surface area (Å²) in [7, 11) is 0. The van der Waals surface area contributed by atoms with E-state index in [9.17, 15) is 4.39 Å². The van der Waals surface area contributed by atoms with Crippen LogP contribution in [0.25, 0.3) is 16.6 Å². The van der Waals surface area contributed by atoms with Crippen LogP contribution >= 0.6 is 11.6 Å². The van der Waals surface area contributed by atoms with E-state index >= 15 is 0 Å². The fourth-order valence-corrected chi connectivity index (χ4v) is 4.21. The number of rotatable bonds is 5. The number of nitrogens with zero attached hydrogens (tertiary/aromatic N) is 1. The number of piperidine rings is 1. The molecule has 4 heteroatoms. The predicted octanol–water partition coefficient (Wildman–Crippen LogP) is 5.75. The van der Waals surface area contributed by atoms with Gasteiger partial charge in [-0.3, -0.25) is 0 Å². The highest BCUT2D eigenvalue weighted by atomic mass is 35.5. The monoisotopic (exact) mass is 370 g/mol. The maximum absolute atomic E-state index is 13.3. The van der Waals surface area contributed by atoms with Gasteiger partial charge in [-0.05, 0) is 92.7 Å². The third-order valence-corrected chi connectivity index (χ3v) is 5.71. The summed E-state index contributed by atoms with van der Waals surface area (Å²) < 4.78 is 15.4. The first kappa shape index (κ1) is 17.6. The van der Waals surface area contributed by atoms with Gasteiger partial charge in [0, 0.05) is 22.3 Å². The number of aromatic nitrogens is 1. The van der Waals surface area contributed by atoms with E-state index in [-0.39, 0.29) is 5.82 Å². The molecule has 4 rings (SSSR count). The fourth-order valence-electron chi connectivity index (χ4n) is 4.04. The molecule has 26 heavy (non-hydrogen) atoms. The van der Waals surface area contributed by atoms with Crippen LogP contribution in [0.4, 0.5) is 4.39 Å². The minimum atomic E-state index is -0.213. The van der Waals surface area contributed by atoms with Crippen LogP contribution in [0.5, 0.6) is 0 Å². The van der Waals surface area contributed by atoms with E-state index in [1.807, 2.05) is 18.2 Å². The van der Waals surface area contributed by atoms with E-state index in [1.165, 1.54) is 48.8 Å². The molecule has 1 aliphatic heterocycles. The van der Waals surface area contributed by atoms with Crippen LogP contribution in [-0.4, -0.2) is 17.7 Å². The van der Waals surface area contributed by atoms with Crippen LogP contribution in [-0.2, 0) is 6.42 Å². The standard InChI is InChI=1S/C22H24ClFN2/c23-18-4-9-22-21(14-18)17(3-1-2-16-10-12-25-13-11-16)15-26(22)20-7-5-19(24)6-8-20/h4-9,14-16,25H,1-3,10-13H2. The van der Waals surface area contributed by atoms with Crippen LogP contribution in [0.15, 0.2) is 48.7 Å². The van der Waals surface area contributed by atoms with Crippen molar-refractivity contribution in [3.8, 4) is 5.69 Å². The molecule has 2 nitrogen and oxygen atoms in total. The molecule has 3 aromatic rings. The summed E-state index contributed by atoms with van der Waals surface area (Å²) in [5.41, 5.74) is 3.42. The lowest BCUT2D eigenvalue weighted by atomic mass is 9.91. The smallest absolute Gasteiger partial charge is 0.123 e. The van der Waals surface area contributed by atoms with Gasteiger partial charge < -0.3 is 9.88 Å². The summed E-state index contributed by atoms with van der Waals surface area (Å²) in [5, 5.41) is 5.39. The highest BCUT2D eigenvalue weighted by Crippen LogP contribution is 2.29. The predicted molar refractivity (Wildman–Crippen MR) is 107 cm³/mol. The van der Waals surface area contributed by atoms with Gasteiger partial charge in [0.2, 0.25) is 0 Å². The van der Waals surface area contributed by atoms with Gasteiger partial charge in [-0.1, -0.05) is 18.0 Å². The van der Waals surface area contributed by atoms with Gasteiger partial charge in [-0.15, -0.1) is 0 Å². The van der Waals surface area contributed by atoms with Crippen molar-refractivity contribution in [2.24, 2.45) is 5.92 Å². The molecular formula is C22H24ClFN2. The average molecular weight is 371 g/mol. The molecule has 2 heterocycles. The zero-order valence-electron chi connectivity index (χ0n) is 14.8. The summed E-state index contributed by atoms with van der Waals surface area (Å²) in [4.78, 5) is 0. The molecule has 1 aromatic heterocycles. The van der Waals surface area contributed by atoms with Crippen LogP contribution < -0.4 is 5.32 Å². The van der Waals surface area contributed by atoms with Crippen LogP contribution in [0.2, 0.25) is 5.02 Å². The number of benzene rings is 2. The lowest BCUT2D eigenvalue weighted by Gasteiger charge is -2.22. The Labute approximate surface area is 159 Å². The first-order chi connectivity index (χ1) is 12.7. The van der Waals surface area contributed by atoms with E-state index in [0.29, 0.717) is 0 Å². The Balaban J connectivity index is 1.59. The van der Waals surface area contributed by atoms with Gasteiger partial charge in [0.25, 0.3) is 0 Å². The van der Waals surface area contributed by atoms with Crippen molar-refractivity contribution in [2.75, 3.05) is 13.1 Å². The number of fused-ring (bicyclic) bond motifs is 1. The second-order valence-electron chi connectivity index (χ2n) is 7.25. The van der Waals surface area contributed by atoms with Crippen molar-refractivity contribution in [3.05, 3.63) is 65.1 Å². The van der Waals surface area contributed by atoms with E-state index in [0.717, 1.165) is 41.7 Å². The Morgan fingerprint density at radius 1 is 1.08 bits per heavy atom. The number of aryl methyl sites for hydroxylation is 1. The van der Waals surface area contributed by atoms with E-state index in [1.54, 1.807) is 0 Å². The molecule has 0 saturated carbocycles. The SMILES string of the molecule is Fc1ccc(-n2cc(CCCC3CCNCC3)c3cc(Cl)ccc32)cc1. The molecule has 136 valence electrons. The Kier molecular flexibility index (Phi) is 5.28. The Morgan fingerprint density at radius 2 is 1.85 bits per heavy atom. The molecule has 0 spiro atoms. The van der Waals surface area contributed by atoms with Crippen molar-refractivity contribution in [3.63, 3.8) is 0 Å². The summed E-state index contributed by atoms with van der Waals surface area (Å²) in [6, 6.07) is 12.7. The molecule has 0 aliphatic carbocycles. The minimum absolute atomic E-state index is 0.213. The topological polar surface area (TPSA) is 17.0 Å². The zero-order valence-corrected chi connectivity index (χ0v) is 15.6. The van der Waals surface area contributed by atoms with Crippen molar-refractivity contribution in [1.82, 2.24) is 9.88 Å². The van der Waals surface area contributed by atoms with Crippen molar-refractivity contribution >= 4 is 22.5 Å². The Bertz CT molecular complexity index is 879. The van der Waals surface area contributed by atoms with Crippen molar-refractivity contribution in [1.29, 1.82) is 0 Å². The minimum Gasteiger partial charge on any atom is -0.317 e. The van der Waals surface area contributed by atoms with E-state index in [4.69, 9.17) is 11.6 Å². The van der Waals surface area contributed by atoms with Crippen LogP contribution in [0.1, 0.15) is 31.2 Å². The average Bonchev–Trinajstić information content (AvgIpc) is 3.01. The van der Waals surface area contributed by atoms with Crippen LogP contribution in [0.3, 0.4) is 0 Å². The normalized spacial score (nSPS) is 15.6. The van der Waals surface area contributed by atoms with Gasteiger partial charge >= 0.3 is 0 Å². The lowest BCUT2D eigenvalue weighted by Crippen LogP contribution is -2.27. The molecule has 1 aliphatic rings. The Morgan fingerprint density at radius 3 is 2.62 bits per heavy atom. The molecule has 0 atom stereocenters. The summed E-state index contributed by atoms with van der Waals surface area (Å²) in [5.74, 6) is 0.640. The molecule has 1 fully saturated rings. The molecule has 2 aromatic carbocycles. The van der Waals surface area contributed by atoms with Crippen molar-refractivity contribution < 1.29 is 4.39 Å². The first-order valence-electron chi connectivity index (χ1n) is 9.47. The largest absolute Gasteiger partial charge is 0.317 e. The highest BCUT2D eigenvalue weighted by molar-refractivity contribution is 6.31. The fraction of sp³-hybridized carbons (Fsp3) is 0.364. The van der Waals surface area contributed by atoms with Crippen molar-refractivity contribution in [2.45, 2.75) is 32.1 Å². The number of hydrogen-bond donors (Lipinski definition) is 1. The van der Waals surface area contributed by atoms with Gasteiger partial charge in [-0.25, -0.2) is 4.39 Å². The van der Waals surface area contributed by atoms with Gasteiger partial charge in [-0.2, -0.15) is 0 Å². The maximum Gasteiger partial charge on any atom is 0.123 e. The molecule has 0 unspecified atom stereocenters. The zero-order chi connectivity index (χ0) is 17.9. The van der Waals surface area contributed by atoms with E-state index < -0.39 is 0 Å². The summed E-state index contributed by atoms with van der Waals surface area (Å²) in [6.07, 6.45) is 8.31. The Hall–Kier alpha value is -1.84. The molecular weight excluding hydrogens is 347 g/mol. The lowest BCUT2D eigenvalue weighted by molar-refractivity contribution is 0.347. The summed E-state index contributed by atoms with van der Waals surface area (Å²) >= 11 is 6.26. The summed E-state index contributed by atoms with van der Waals surface area (Å²) in [6.45, 7) is 2.31. The number of halogens is 2. The third kappa shape index (κ3) is 3.79. The van der Waals surface area contributed by atoms with Gasteiger partial charge in [0.1, 0.15) is 5.82 Å². The number of nitrogens with one attached hydrogen (secondary N) is 1. The third-order valence-electron chi connectivity index (χ3n) is 5.47. The number of hydrogen-bond acceptors (Lipinski definition) is 1. The second kappa shape index (κ2) is 7.81. The van der Waals surface area contributed by atoms with Crippen LogP contribution in [0, 0.1) is 11.7 Å². The highest BCUT2D eigenvalue weighted by Gasteiger charge is 2.14. The molecule has 1 N–H and O–H groups in total. The molecule has 0 amide bonds. The maximum atomic E-state index is 13.3. The molecule has 0 bridgehead atoms. The molecule has 1 saturated heterocycles. The second-order valence-corrected chi connectivity index (χ2v) is 7.68. The quantitative estimate of drug-likeness (QED) is 0.605. The first-order valence-corrected chi connectivity index (χ1v) is 9.84. The van der Waals surface area contributed by atoms with E-state index in [2.05, 4.69) is 28.2 Å². The van der Waals surface area contributed by atoms with Gasteiger partial charge in [0.15, 0.2) is 0 Å². The molecule has 0 radical (unpaired) electrons.